The third-order valence-corrected chi connectivity index (χ3v) is 1.32. The first kappa shape index (κ1) is 17.4. The molecule has 0 aliphatic heterocycles. The molecule has 100 valence electrons. The summed E-state index contributed by atoms with van der Waals surface area (Å²) in [5.74, 6) is -3.48. The lowest BCUT2D eigenvalue weighted by Crippen LogP contribution is -2.46. The highest BCUT2D eigenvalue weighted by Gasteiger charge is 2.38. The fourth-order valence-electron chi connectivity index (χ4n) is 0.562. The van der Waals surface area contributed by atoms with Crippen molar-refractivity contribution in [1.82, 2.24) is 5.32 Å². The van der Waals surface area contributed by atoms with Gasteiger partial charge in [-0.25, -0.2) is 4.79 Å². The van der Waals surface area contributed by atoms with Crippen LogP contribution < -0.4 is 16.8 Å². The largest absolute Gasteiger partial charge is 0.490 e. The number of carboxylic acids is 1. The lowest BCUT2D eigenvalue weighted by atomic mass is 10.2. The number of hydrogen-bond acceptors (Lipinski definition) is 3. The molecular formula is C7H13F3N4O3. The highest BCUT2D eigenvalue weighted by atomic mass is 19.4. The number of amides is 1. The summed E-state index contributed by atoms with van der Waals surface area (Å²) in [6.07, 6.45) is -4.55. The van der Waals surface area contributed by atoms with E-state index in [4.69, 9.17) is 26.8 Å². The second-order valence-corrected chi connectivity index (χ2v) is 2.72. The van der Waals surface area contributed by atoms with Crippen molar-refractivity contribution in [2.24, 2.45) is 11.5 Å². The average Bonchev–Trinajstić information content (AvgIpc) is 2.12. The Morgan fingerprint density at radius 2 is 1.76 bits per heavy atom. The Kier molecular flexibility index (Phi) is 7.47. The zero-order chi connectivity index (χ0) is 14.2. The third-order valence-electron chi connectivity index (χ3n) is 1.32. The van der Waals surface area contributed by atoms with Crippen molar-refractivity contribution in [3.05, 3.63) is 0 Å². The van der Waals surface area contributed by atoms with Gasteiger partial charge in [-0.15, -0.1) is 0 Å². The zero-order valence-corrected chi connectivity index (χ0v) is 8.84. The van der Waals surface area contributed by atoms with Crippen LogP contribution in [-0.4, -0.2) is 35.2 Å². The predicted octanol–water partition coefficient (Wildman–Crippen LogP) is -0.633. The zero-order valence-electron chi connectivity index (χ0n) is 8.84. The van der Waals surface area contributed by atoms with E-state index < -0.39 is 24.1 Å². The van der Waals surface area contributed by atoms with Crippen molar-refractivity contribution < 1.29 is 27.9 Å². The van der Waals surface area contributed by atoms with Crippen molar-refractivity contribution in [1.29, 1.82) is 5.41 Å². The van der Waals surface area contributed by atoms with Crippen LogP contribution in [0.25, 0.3) is 0 Å². The van der Waals surface area contributed by atoms with Crippen molar-refractivity contribution >= 4 is 17.8 Å². The number of primary amides is 1. The molecule has 1 atom stereocenters. The summed E-state index contributed by atoms with van der Waals surface area (Å²) in [7, 11) is 0. The van der Waals surface area contributed by atoms with E-state index in [1.54, 1.807) is 6.92 Å². The predicted molar refractivity (Wildman–Crippen MR) is 52.0 cm³/mol. The molecule has 0 radical (unpaired) electrons. The lowest BCUT2D eigenvalue weighted by molar-refractivity contribution is -0.192. The Balaban J connectivity index is 0. The molecule has 0 saturated heterocycles. The summed E-state index contributed by atoms with van der Waals surface area (Å²) < 4.78 is 31.7. The van der Waals surface area contributed by atoms with Crippen LogP contribution in [0.3, 0.4) is 0 Å². The Hall–Kier alpha value is -2.00. The van der Waals surface area contributed by atoms with Gasteiger partial charge >= 0.3 is 12.1 Å². The van der Waals surface area contributed by atoms with Crippen molar-refractivity contribution in [3.8, 4) is 0 Å². The van der Waals surface area contributed by atoms with Crippen LogP contribution in [0.2, 0.25) is 0 Å². The molecule has 7 nitrogen and oxygen atoms in total. The molecule has 0 aromatic heterocycles. The van der Waals surface area contributed by atoms with E-state index in [0.29, 0.717) is 6.42 Å². The number of aliphatic carboxylic acids is 1. The Morgan fingerprint density at radius 1 is 1.41 bits per heavy atom. The molecule has 1 amide bonds. The molecular weight excluding hydrogens is 245 g/mol. The first-order valence-corrected chi connectivity index (χ1v) is 4.22. The first-order valence-electron chi connectivity index (χ1n) is 4.22. The lowest BCUT2D eigenvalue weighted by Gasteiger charge is -2.11. The maximum Gasteiger partial charge on any atom is 0.490 e. The maximum absolute atomic E-state index is 10.6. The standard InChI is InChI=1S/C5H12N4O.C2HF3O2/c1-2-3(4(6)10)9-5(7)8;3-2(4,5)1(6)7/h3H,2H2,1H3,(H2,6,10)(H4,7,8,9);(H,6,7)/t3-;/m1./s1. The highest BCUT2D eigenvalue weighted by molar-refractivity contribution is 5.85. The normalized spacial score (nSPS) is 11.8. The summed E-state index contributed by atoms with van der Waals surface area (Å²) in [5, 5.41) is 16.3. The SMILES string of the molecule is CC[C@@H](NC(=N)N)C(N)=O.O=C(O)C(F)(F)F. The molecule has 0 unspecified atom stereocenters. The van der Waals surface area contributed by atoms with Gasteiger partial charge in [-0.05, 0) is 6.42 Å². The Labute approximate surface area is 94.5 Å². The topological polar surface area (TPSA) is 142 Å². The number of carboxylic acid groups (broad SMARTS) is 1. The van der Waals surface area contributed by atoms with Crippen LogP contribution in [0, 0.1) is 5.41 Å². The molecule has 0 fully saturated rings. The first-order chi connectivity index (χ1) is 7.52. The van der Waals surface area contributed by atoms with E-state index in [9.17, 15) is 18.0 Å². The van der Waals surface area contributed by atoms with E-state index in [1.807, 2.05) is 0 Å². The van der Waals surface area contributed by atoms with Crippen LogP contribution >= 0.6 is 0 Å². The minimum atomic E-state index is -5.08. The van der Waals surface area contributed by atoms with Crippen molar-refractivity contribution in [3.63, 3.8) is 0 Å². The van der Waals surface area contributed by atoms with Crippen LogP contribution in [0.4, 0.5) is 13.2 Å². The van der Waals surface area contributed by atoms with Gasteiger partial charge in [0.25, 0.3) is 0 Å². The van der Waals surface area contributed by atoms with E-state index >= 15 is 0 Å². The molecule has 0 aromatic carbocycles. The van der Waals surface area contributed by atoms with Gasteiger partial charge in [0.2, 0.25) is 5.91 Å². The molecule has 0 bridgehead atoms. The molecule has 0 aliphatic rings. The molecule has 0 aromatic rings. The monoisotopic (exact) mass is 258 g/mol. The summed E-state index contributed by atoms with van der Waals surface area (Å²) >= 11 is 0. The number of halogens is 3. The second-order valence-electron chi connectivity index (χ2n) is 2.72. The van der Waals surface area contributed by atoms with Crippen LogP contribution in [-0.2, 0) is 9.59 Å². The van der Waals surface area contributed by atoms with Gasteiger partial charge in [-0.2, -0.15) is 13.2 Å². The average molecular weight is 258 g/mol. The van der Waals surface area contributed by atoms with Gasteiger partial charge in [0.05, 0.1) is 0 Å². The van der Waals surface area contributed by atoms with Gasteiger partial charge in [0.15, 0.2) is 5.96 Å². The van der Waals surface area contributed by atoms with E-state index in [-0.39, 0.29) is 5.96 Å². The minimum Gasteiger partial charge on any atom is -0.475 e. The number of carbonyl (C=O) groups excluding carboxylic acids is 1. The summed E-state index contributed by atoms with van der Waals surface area (Å²) in [6.45, 7) is 1.78. The van der Waals surface area contributed by atoms with Crippen LogP contribution in [0.1, 0.15) is 13.3 Å². The quantitative estimate of drug-likeness (QED) is 0.338. The highest BCUT2D eigenvalue weighted by Crippen LogP contribution is 2.13. The molecule has 17 heavy (non-hydrogen) atoms. The fourth-order valence-corrected chi connectivity index (χ4v) is 0.562. The Morgan fingerprint density at radius 3 is 1.82 bits per heavy atom. The van der Waals surface area contributed by atoms with Crippen LogP contribution in [0.5, 0.6) is 0 Å². The third kappa shape index (κ3) is 10.3. The van der Waals surface area contributed by atoms with Gasteiger partial charge in [0.1, 0.15) is 6.04 Å². The molecule has 0 heterocycles. The number of hydrogen-bond donors (Lipinski definition) is 5. The van der Waals surface area contributed by atoms with Gasteiger partial charge in [-0.3, -0.25) is 10.2 Å². The van der Waals surface area contributed by atoms with Crippen molar-refractivity contribution in [2.45, 2.75) is 25.6 Å². The molecule has 0 spiro atoms. The summed E-state index contributed by atoms with van der Waals surface area (Å²) in [5.41, 5.74) is 9.91. The van der Waals surface area contributed by atoms with E-state index in [0.717, 1.165) is 0 Å². The van der Waals surface area contributed by atoms with Gasteiger partial charge in [-0.1, -0.05) is 6.92 Å². The summed E-state index contributed by atoms with van der Waals surface area (Å²) in [6, 6.07) is -0.516. The number of nitrogens with one attached hydrogen (secondary N) is 2. The molecule has 7 N–H and O–H groups in total. The number of carbonyl (C=O) groups is 2. The van der Waals surface area contributed by atoms with Gasteiger partial charge < -0.3 is 21.9 Å². The van der Waals surface area contributed by atoms with Crippen molar-refractivity contribution in [2.75, 3.05) is 0 Å². The van der Waals surface area contributed by atoms with Gasteiger partial charge in [0, 0.05) is 0 Å². The smallest absolute Gasteiger partial charge is 0.475 e. The number of rotatable bonds is 3. The van der Waals surface area contributed by atoms with E-state index in [2.05, 4.69) is 5.32 Å². The fraction of sp³-hybridized carbons (Fsp3) is 0.571. The minimum absolute atomic E-state index is 0.231. The maximum atomic E-state index is 10.6. The molecule has 10 heteroatoms. The second kappa shape index (κ2) is 7.30. The molecule has 0 saturated carbocycles. The molecule has 0 rings (SSSR count). The van der Waals surface area contributed by atoms with Crippen LogP contribution in [0.15, 0.2) is 0 Å². The molecule has 0 aliphatic carbocycles. The number of alkyl halides is 3. The van der Waals surface area contributed by atoms with E-state index in [1.165, 1.54) is 0 Å². The summed E-state index contributed by atoms with van der Waals surface area (Å²) in [4.78, 5) is 19.4. The number of nitrogens with two attached hydrogens (primary N) is 2. The Bertz CT molecular complexity index is 293. The number of guanidine groups is 1.